The van der Waals surface area contributed by atoms with E-state index in [-0.39, 0.29) is 17.3 Å². The maximum Gasteiger partial charge on any atom is 0.243 e. The zero-order valence-corrected chi connectivity index (χ0v) is 16.4. The van der Waals surface area contributed by atoms with Crippen molar-refractivity contribution in [2.75, 3.05) is 26.7 Å². The van der Waals surface area contributed by atoms with E-state index in [1.54, 1.807) is 29.2 Å². The number of carbonyl (C=O) groups is 1. The Morgan fingerprint density at radius 1 is 1.07 bits per heavy atom. The van der Waals surface area contributed by atoms with Crippen LogP contribution in [-0.2, 0) is 14.8 Å². The van der Waals surface area contributed by atoms with Gasteiger partial charge in [0.15, 0.2) is 0 Å². The van der Waals surface area contributed by atoms with Crippen LogP contribution in [0, 0.1) is 6.92 Å². The molecule has 0 bridgehead atoms. The standard InChI is InChI=1S/C21H24N2O3S/c1-17-8-10-20(11-9-17)27(25,26)22(2)16-21(24)23-14-12-19(13-15-23)18-6-4-3-5-7-18/h3-12H,13-16H2,1-2H3. The van der Waals surface area contributed by atoms with Gasteiger partial charge in [0.25, 0.3) is 0 Å². The molecule has 0 fully saturated rings. The first-order chi connectivity index (χ1) is 12.9. The molecule has 6 heteroatoms. The number of hydrogen-bond acceptors (Lipinski definition) is 3. The average molecular weight is 385 g/mol. The molecule has 0 N–H and O–H groups in total. The van der Waals surface area contributed by atoms with E-state index in [9.17, 15) is 13.2 Å². The van der Waals surface area contributed by atoms with Crippen molar-refractivity contribution in [3.8, 4) is 0 Å². The lowest BCUT2D eigenvalue weighted by Gasteiger charge is -2.28. The number of sulfonamides is 1. The molecule has 2 aromatic rings. The van der Waals surface area contributed by atoms with Gasteiger partial charge in [-0.3, -0.25) is 4.79 Å². The van der Waals surface area contributed by atoms with E-state index in [2.05, 4.69) is 12.1 Å². The minimum absolute atomic E-state index is 0.162. The third-order valence-corrected chi connectivity index (χ3v) is 6.61. The SMILES string of the molecule is Cc1ccc(S(=O)(=O)N(C)CC(=O)N2CC=C(c3ccccc3)CC2)cc1. The van der Waals surface area contributed by atoms with Crippen molar-refractivity contribution in [3.63, 3.8) is 0 Å². The predicted octanol–water partition coefficient (Wildman–Crippen LogP) is 2.93. The zero-order valence-electron chi connectivity index (χ0n) is 15.6. The van der Waals surface area contributed by atoms with Gasteiger partial charge in [0, 0.05) is 20.1 Å². The molecule has 142 valence electrons. The molecule has 0 spiro atoms. The van der Waals surface area contributed by atoms with Crippen molar-refractivity contribution in [3.05, 3.63) is 71.8 Å². The fourth-order valence-electron chi connectivity index (χ4n) is 3.08. The normalized spacial score (nSPS) is 14.9. The van der Waals surface area contributed by atoms with E-state index < -0.39 is 10.0 Å². The van der Waals surface area contributed by atoms with Crippen molar-refractivity contribution < 1.29 is 13.2 Å². The van der Waals surface area contributed by atoms with E-state index >= 15 is 0 Å². The van der Waals surface area contributed by atoms with Crippen LogP contribution in [0.3, 0.4) is 0 Å². The maximum atomic E-state index is 12.6. The smallest absolute Gasteiger partial charge is 0.243 e. The summed E-state index contributed by atoms with van der Waals surface area (Å²) in [4.78, 5) is 14.5. The van der Waals surface area contributed by atoms with E-state index in [1.165, 1.54) is 18.2 Å². The molecule has 0 saturated heterocycles. The highest BCUT2D eigenvalue weighted by atomic mass is 32.2. The van der Waals surface area contributed by atoms with Gasteiger partial charge in [0.1, 0.15) is 0 Å². The van der Waals surface area contributed by atoms with E-state index in [0.29, 0.717) is 13.1 Å². The van der Waals surface area contributed by atoms with Crippen molar-refractivity contribution in [1.82, 2.24) is 9.21 Å². The van der Waals surface area contributed by atoms with Crippen LogP contribution >= 0.6 is 0 Å². The molecule has 5 nitrogen and oxygen atoms in total. The van der Waals surface area contributed by atoms with E-state index in [1.807, 2.05) is 31.2 Å². The third kappa shape index (κ3) is 4.46. The van der Waals surface area contributed by atoms with Crippen LogP contribution in [0.5, 0.6) is 0 Å². The predicted molar refractivity (Wildman–Crippen MR) is 107 cm³/mol. The zero-order chi connectivity index (χ0) is 19.4. The second kappa shape index (κ2) is 8.06. The first-order valence-corrected chi connectivity index (χ1v) is 10.4. The first-order valence-electron chi connectivity index (χ1n) is 8.93. The molecule has 1 heterocycles. The van der Waals surface area contributed by atoms with Gasteiger partial charge in [0.2, 0.25) is 15.9 Å². The second-order valence-corrected chi connectivity index (χ2v) is 8.80. The Morgan fingerprint density at radius 2 is 1.74 bits per heavy atom. The van der Waals surface area contributed by atoms with Crippen LogP contribution < -0.4 is 0 Å². The minimum atomic E-state index is -3.67. The summed E-state index contributed by atoms with van der Waals surface area (Å²) in [5, 5.41) is 0. The highest BCUT2D eigenvalue weighted by Crippen LogP contribution is 2.22. The maximum absolute atomic E-state index is 12.6. The van der Waals surface area contributed by atoms with Gasteiger partial charge in [-0.2, -0.15) is 4.31 Å². The van der Waals surface area contributed by atoms with Crippen LogP contribution in [0.4, 0.5) is 0 Å². The number of aryl methyl sites for hydroxylation is 1. The molecular formula is C21H24N2O3S. The van der Waals surface area contributed by atoms with Crippen molar-refractivity contribution in [2.24, 2.45) is 0 Å². The van der Waals surface area contributed by atoms with Crippen molar-refractivity contribution >= 4 is 21.5 Å². The Labute approximate surface area is 161 Å². The van der Waals surface area contributed by atoms with Gasteiger partial charge in [-0.25, -0.2) is 8.42 Å². The molecule has 0 atom stereocenters. The quantitative estimate of drug-likeness (QED) is 0.796. The number of nitrogens with zero attached hydrogens (tertiary/aromatic N) is 2. The summed E-state index contributed by atoms with van der Waals surface area (Å²) in [6, 6.07) is 16.7. The summed E-state index contributed by atoms with van der Waals surface area (Å²) in [5.74, 6) is -0.184. The van der Waals surface area contributed by atoms with Crippen LogP contribution in [0.15, 0.2) is 65.6 Å². The lowest BCUT2D eigenvalue weighted by molar-refractivity contribution is -0.130. The lowest BCUT2D eigenvalue weighted by Crippen LogP contribution is -2.42. The summed E-state index contributed by atoms with van der Waals surface area (Å²) < 4.78 is 26.4. The molecule has 1 aliphatic heterocycles. The number of carbonyl (C=O) groups excluding carboxylic acids is 1. The first kappa shape index (κ1) is 19.3. The van der Waals surface area contributed by atoms with Gasteiger partial charge >= 0.3 is 0 Å². The summed E-state index contributed by atoms with van der Waals surface area (Å²) >= 11 is 0. The van der Waals surface area contributed by atoms with Crippen LogP contribution in [0.1, 0.15) is 17.5 Å². The average Bonchev–Trinajstić information content (AvgIpc) is 2.69. The van der Waals surface area contributed by atoms with Gasteiger partial charge in [-0.05, 0) is 36.6 Å². The molecule has 3 rings (SSSR count). The molecule has 0 saturated carbocycles. The molecule has 0 aliphatic carbocycles. The van der Waals surface area contributed by atoms with E-state index in [4.69, 9.17) is 0 Å². The number of benzene rings is 2. The molecular weight excluding hydrogens is 360 g/mol. The number of rotatable bonds is 5. The van der Waals surface area contributed by atoms with Crippen molar-refractivity contribution in [2.45, 2.75) is 18.2 Å². The fraction of sp³-hybridized carbons (Fsp3) is 0.286. The van der Waals surface area contributed by atoms with Gasteiger partial charge in [-0.15, -0.1) is 0 Å². The number of likely N-dealkylation sites (N-methyl/N-ethyl adjacent to an activating group) is 1. The summed E-state index contributed by atoms with van der Waals surface area (Å²) in [7, 11) is -2.23. The largest absolute Gasteiger partial charge is 0.337 e. The fourth-order valence-corrected chi connectivity index (χ4v) is 4.20. The summed E-state index contributed by atoms with van der Waals surface area (Å²) in [6.07, 6.45) is 2.81. The molecule has 0 radical (unpaired) electrons. The van der Waals surface area contributed by atoms with E-state index in [0.717, 1.165) is 16.3 Å². The Morgan fingerprint density at radius 3 is 2.33 bits per heavy atom. The topological polar surface area (TPSA) is 57.7 Å². The Bertz CT molecular complexity index is 935. The van der Waals surface area contributed by atoms with Gasteiger partial charge in [-0.1, -0.05) is 54.1 Å². The highest BCUT2D eigenvalue weighted by molar-refractivity contribution is 7.89. The monoisotopic (exact) mass is 384 g/mol. The molecule has 1 aliphatic rings. The number of hydrogen-bond donors (Lipinski definition) is 0. The Hall–Kier alpha value is -2.44. The van der Waals surface area contributed by atoms with Crippen LogP contribution in [-0.4, -0.2) is 50.2 Å². The van der Waals surface area contributed by atoms with Crippen LogP contribution in [0.2, 0.25) is 0 Å². The van der Waals surface area contributed by atoms with Gasteiger partial charge in [0.05, 0.1) is 11.4 Å². The van der Waals surface area contributed by atoms with Gasteiger partial charge < -0.3 is 4.90 Å². The molecule has 27 heavy (non-hydrogen) atoms. The summed E-state index contributed by atoms with van der Waals surface area (Å²) in [6.45, 7) is 2.83. The Kier molecular flexibility index (Phi) is 5.77. The minimum Gasteiger partial charge on any atom is -0.337 e. The summed E-state index contributed by atoms with van der Waals surface area (Å²) in [5.41, 5.74) is 3.38. The highest BCUT2D eigenvalue weighted by Gasteiger charge is 2.26. The second-order valence-electron chi connectivity index (χ2n) is 6.76. The molecule has 2 aromatic carbocycles. The third-order valence-electron chi connectivity index (χ3n) is 4.79. The number of amides is 1. The lowest BCUT2D eigenvalue weighted by atomic mass is 9.99. The van der Waals surface area contributed by atoms with Crippen molar-refractivity contribution in [1.29, 1.82) is 0 Å². The molecule has 0 unspecified atom stereocenters. The molecule has 0 aromatic heterocycles. The Balaban J connectivity index is 1.64. The molecule has 1 amide bonds. The van der Waals surface area contributed by atoms with Crippen LogP contribution in [0.25, 0.3) is 5.57 Å².